The van der Waals surface area contributed by atoms with E-state index in [2.05, 4.69) is 24.1 Å². The number of nitrogens with one attached hydrogen (secondary N) is 1. The standard InChI is InChI=1S/C24H33N3O5/c1-16(2)7-9-25-24(30)23-18-8-10-26(11-12-27(18)22(29)14-21(23)32-4)15-17-5-6-20(31-3)19(28)13-17/h5-6,13-14,16,28H,7-12,15H2,1-4H3,(H,25,30). The Balaban J connectivity index is 1.82. The zero-order valence-corrected chi connectivity index (χ0v) is 19.3. The normalized spacial score (nSPS) is 14.0. The van der Waals surface area contributed by atoms with Crippen LogP contribution in [0, 0.1) is 5.92 Å². The van der Waals surface area contributed by atoms with E-state index in [9.17, 15) is 14.7 Å². The number of carbonyl (C=O) groups is 1. The highest BCUT2D eigenvalue weighted by Gasteiger charge is 2.25. The Labute approximate surface area is 188 Å². The van der Waals surface area contributed by atoms with Gasteiger partial charge in [0.25, 0.3) is 11.5 Å². The molecule has 0 fully saturated rings. The number of nitrogens with zero attached hydrogens (tertiary/aromatic N) is 2. The number of phenols is 1. The molecule has 0 aliphatic carbocycles. The first-order chi connectivity index (χ1) is 15.3. The average Bonchev–Trinajstić information content (AvgIpc) is 2.96. The minimum absolute atomic E-state index is 0.101. The Hall–Kier alpha value is -3.00. The van der Waals surface area contributed by atoms with E-state index >= 15 is 0 Å². The van der Waals surface area contributed by atoms with Crippen molar-refractivity contribution in [2.24, 2.45) is 5.92 Å². The number of amides is 1. The van der Waals surface area contributed by atoms with Gasteiger partial charge in [-0.25, -0.2) is 0 Å². The lowest BCUT2D eigenvalue weighted by atomic mass is 10.1. The summed E-state index contributed by atoms with van der Waals surface area (Å²) in [6, 6.07) is 6.75. The van der Waals surface area contributed by atoms with Crippen molar-refractivity contribution in [1.29, 1.82) is 0 Å². The summed E-state index contributed by atoms with van der Waals surface area (Å²) in [6.45, 7) is 7.22. The number of phenolic OH excluding ortho intramolecular Hbond substituents is 1. The van der Waals surface area contributed by atoms with E-state index in [0.29, 0.717) is 67.8 Å². The van der Waals surface area contributed by atoms with Crippen molar-refractivity contribution >= 4 is 5.91 Å². The van der Waals surface area contributed by atoms with E-state index in [4.69, 9.17) is 9.47 Å². The number of aromatic nitrogens is 1. The van der Waals surface area contributed by atoms with Gasteiger partial charge in [0.2, 0.25) is 0 Å². The van der Waals surface area contributed by atoms with Crippen molar-refractivity contribution in [1.82, 2.24) is 14.8 Å². The van der Waals surface area contributed by atoms with Crippen LogP contribution >= 0.6 is 0 Å². The number of methoxy groups -OCH3 is 2. The van der Waals surface area contributed by atoms with Crippen LogP contribution in [0.25, 0.3) is 0 Å². The van der Waals surface area contributed by atoms with Crippen molar-refractivity contribution < 1.29 is 19.4 Å². The van der Waals surface area contributed by atoms with Crippen molar-refractivity contribution in [3.8, 4) is 17.2 Å². The van der Waals surface area contributed by atoms with Gasteiger partial charge in [-0.05, 0) is 30.0 Å². The predicted molar refractivity (Wildman–Crippen MR) is 123 cm³/mol. The van der Waals surface area contributed by atoms with Gasteiger partial charge in [0, 0.05) is 50.9 Å². The van der Waals surface area contributed by atoms with E-state index in [1.807, 2.05) is 6.07 Å². The number of pyridine rings is 1. The minimum atomic E-state index is -0.209. The summed E-state index contributed by atoms with van der Waals surface area (Å²) in [7, 11) is 3.00. The molecular formula is C24H33N3O5. The lowest BCUT2D eigenvalue weighted by Crippen LogP contribution is -2.32. The lowest BCUT2D eigenvalue weighted by Gasteiger charge is -2.19. The molecule has 0 atom stereocenters. The molecule has 0 unspecified atom stereocenters. The van der Waals surface area contributed by atoms with E-state index in [1.54, 1.807) is 16.7 Å². The highest BCUT2D eigenvalue weighted by Crippen LogP contribution is 2.27. The highest BCUT2D eigenvalue weighted by atomic mass is 16.5. The summed E-state index contributed by atoms with van der Waals surface area (Å²) in [5.41, 5.74) is 1.93. The van der Waals surface area contributed by atoms with Gasteiger partial charge in [-0.2, -0.15) is 0 Å². The number of hydrogen-bond acceptors (Lipinski definition) is 6. The second kappa shape index (κ2) is 10.5. The molecule has 174 valence electrons. The van der Waals surface area contributed by atoms with Gasteiger partial charge in [-0.3, -0.25) is 14.5 Å². The Morgan fingerprint density at radius 2 is 1.88 bits per heavy atom. The lowest BCUT2D eigenvalue weighted by molar-refractivity contribution is 0.0946. The summed E-state index contributed by atoms with van der Waals surface area (Å²) in [6.07, 6.45) is 1.42. The van der Waals surface area contributed by atoms with Crippen LogP contribution < -0.4 is 20.3 Å². The molecule has 2 N–H and O–H groups in total. The zero-order chi connectivity index (χ0) is 23.3. The quantitative estimate of drug-likeness (QED) is 0.651. The van der Waals surface area contributed by atoms with E-state index in [1.165, 1.54) is 20.3 Å². The molecule has 32 heavy (non-hydrogen) atoms. The Bertz CT molecular complexity index is 1020. The van der Waals surface area contributed by atoms with Crippen LogP contribution in [0.5, 0.6) is 17.2 Å². The van der Waals surface area contributed by atoms with Gasteiger partial charge in [-0.1, -0.05) is 19.9 Å². The summed E-state index contributed by atoms with van der Waals surface area (Å²) in [5.74, 6) is 1.13. The number of aromatic hydroxyl groups is 1. The summed E-state index contributed by atoms with van der Waals surface area (Å²) < 4.78 is 12.2. The SMILES string of the molecule is COc1ccc(CN2CCc3c(C(=O)NCCC(C)C)c(OC)cc(=O)n3CC2)cc1O. The number of hydrogen-bond donors (Lipinski definition) is 2. The molecule has 1 aliphatic heterocycles. The number of ether oxygens (including phenoxy) is 2. The number of benzene rings is 1. The first-order valence-electron chi connectivity index (χ1n) is 11.0. The molecule has 3 rings (SSSR count). The second-order valence-electron chi connectivity index (χ2n) is 8.50. The van der Waals surface area contributed by atoms with Gasteiger partial charge >= 0.3 is 0 Å². The van der Waals surface area contributed by atoms with Gasteiger partial charge in [0.1, 0.15) is 11.3 Å². The zero-order valence-electron chi connectivity index (χ0n) is 19.3. The van der Waals surface area contributed by atoms with Crippen LogP contribution in [-0.4, -0.2) is 54.3 Å². The van der Waals surface area contributed by atoms with Crippen molar-refractivity contribution in [2.75, 3.05) is 33.9 Å². The molecule has 1 aromatic heterocycles. The first kappa shape index (κ1) is 23.7. The molecule has 0 bridgehead atoms. The maximum atomic E-state index is 13.0. The highest BCUT2D eigenvalue weighted by molar-refractivity contribution is 5.98. The van der Waals surface area contributed by atoms with Crippen molar-refractivity contribution in [2.45, 2.75) is 39.8 Å². The second-order valence-corrected chi connectivity index (χ2v) is 8.50. The summed E-state index contributed by atoms with van der Waals surface area (Å²) in [4.78, 5) is 28.0. The summed E-state index contributed by atoms with van der Waals surface area (Å²) in [5, 5.41) is 13.0. The van der Waals surface area contributed by atoms with E-state index < -0.39 is 0 Å². The molecule has 1 aromatic carbocycles. The number of carbonyl (C=O) groups excluding carboxylic acids is 1. The predicted octanol–water partition coefficient (Wildman–Crippen LogP) is 2.41. The van der Waals surface area contributed by atoms with Crippen molar-refractivity contribution in [3.63, 3.8) is 0 Å². The van der Waals surface area contributed by atoms with Crippen LogP contribution in [0.1, 0.15) is 41.9 Å². The van der Waals surface area contributed by atoms with Crippen LogP contribution in [0.4, 0.5) is 0 Å². The third kappa shape index (κ3) is 5.43. The fourth-order valence-electron chi connectivity index (χ4n) is 4.01. The van der Waals surface area contributed by atoms with E-state index in [0.717, 1.165) is 12.0 Å². The summed E-state index contributed by atoms with van der Waals surface area (Å²) >= 11 is 0. The van der Waals surface area contributed by atoms with Crippen LogP contribution in [0.3, 0.4) is 0 Å². The molecule has 1 aliphatic rings. The molecule has 0 saturated heterocycles. The van der Waals surface area contributed by atoms with E-state index in [-0.39, 0.29) is 17.2 Å². The van der Waals surface area contributed by atoms with Crippen molar-refractivity contribution in [3.05, 3.63) is 51.4 Å². The fraction of sp³-hybridized carbons (Fsp3) is 0.500. The topological polar surface area (TPSA) is 93.0 Å². The molecule has 2 heterocycles. The van der Waals surface area contributed by atoms with Crippen LogP contribution in [0.15, 0.2) is 29.1 Å². The molecule has 8 nitrogen and oxygen atoms in total. The van der Waals surface area contributed by atoms with Gasteiger partial charge in [-0.15, -0.1) is 0 Å². The monoisotopic (exact) mass is 443 g/mol. The maximum Gasteiger partial charge on any atom is 0.256 e. The number of rotatable bonds is 8. The Morgan fingerprint density at radius 3 is 2.53 bits per heavy atom. The Morgan fingerprint density at radius 1 is 1.12 bits per heavy atom. The van der Waals surface area contributed by atoms with Gasteiger partial charge in [0.15, 0.2) is 11.5 Å². The average molecular weight is 444 g/mol. The molecule has 0 spiro atoms. The first-order valence-corrected chi connectivity index (χ1v) is 11.0. The Kier molecular flexibility index (Phi) is 7.80. The number of fused-ring (bicyclic) bond motifs is 1. The van der Waals surface area contributed by atoms with Crippen LogP contribution in [-0.2, 0) is 19.5 Å². The molecule has 8 heteroatoms. The smallest absolute Gasteiger partial charge is 0.256 e. The maximum absolute atomic E-state index is 13.0. The molecule has 1 amide bonds. The molecule has 0 saturated carbocycles. The molecule has 2 aromatic rings. The third-order valence-electron chi connectivity index (χ3n) is 5.79. The largest absolute Gasteiger partial charge is 0.504 e. The molecular weight excluding hydrogens is 410 g/mol. The van der Waals surface area contributed by atoms with Crippen LogP contribution in [0.2, 0.25) is 0 Å². The minimum Gasteiger partial charge on any atom is -0.504 e. The fourth-order valence-corrected chi connectivity index (χ4v) is 4.01. The van der Waals surface area contributed by atoms with Gasteiger partial charge in [0.05, 0.1) is 14.2 Å². The third-order valence-corrected chi connectivity index (χ3v) is 5.79. The molecule has 0 radical (unpaired) electrons. The van der Waals surface area contributed by atoms with Gasteiger partial charge < -0.3 is 24.5 Å².